The molecule has 3 unspecified atom stereocenters. The van der Waals surface area contributed by atoms with Crippen LogP contribution in [-0.4, -0.2) is 47.3 Å². The van der Waals surface area contributed by atoms with E-state index >= 15 is 0 Å². The van der Waals surface area contributed by atoms with Crippen LogP contribution < -0.4 is 5.32 Å². The molecular weight excluding hydrogens is 272 g/mol. The maximum Gasteiger partial charge on any atom is 0.0540 e. The van der Waals surface area contributed by atoms with Crippen LogP contribution >= 0.6 is 0 Å². The van der Waals surface area contributed by atoms with Crippen molar-refractivity contribution in [1.29, 1.82) is 0 Å². The van der Waals surface area contributed by atoms with Crippen molar-refractivity contribution in [3.8, 4) is 0 Å². The molecule has 0 aromatic carbocycles. The molecule has 1 saturated heterocycles. The zero-order chi connectivity index (χ0) is 15.4. The zero-order valence-electron chi connectivity index (χ0n) is 14.5. The van der Waals surface area contributed by atoms with E-state index in [9.17, 15) is 5.11 Å². The molecule has 3 nitrogen and oxygen atoms in total. The molecule has 3 rings (SSSR count). The van der Waals surface area contributed by atoms with Gasteiger partial charge in [-0.05, 0) is 50.9 Å². The van der Waals surface area contributed by atoms with Crippen LogP contribution in [0.1, 0.15) is 77.6 Å². The van der Waals surface area contributed by atoms with Gasteiger partial charge in [0.05, 0.1) is 6.10 Å². The van der Waals surface area contributed by atoms with Crippen molar-refractivity contribution in [2.75, 3.05) is 13.1 Å². The van der Waals surface area contributed by atoms with Gasteiger partial charge in [0, 0.05) is 31.2 Å². The summed E-state index contributed by atoms with van der Waals surface area (Å²) in [6.07, 6.45) is 14.3. The van der Waals surface area contributed by atoms with E-state index in [0.29, 0.717) is 12.0 Å². The number of rotatable bonds is 6. The van der Waals surface area contributed by atoms with Gasteiger partial charge >= 0.3 is 0 Å². The van der Waals surface area contributed by atoms with Crippen LogP contribution in [0.5, 0.6) is 0 Å². The third-order valence-electron chi connectivity index (χ3n) is 6.31. The predicted molar refractivity (Wildman–Crippen MR) is 92.0 cm³/mol. The Bertz CT molecular complexity index is 323. The van der Waals surface area contributed by atoms with Crippen molar-refractivity contribution in [2.45, 2.75) is 102 Å². The molecule has 0 aromatic rings. The average Bonchev–Trinajstić information content (AvgIpc) is 2.46. The number of likely N-dealkylation sites (tertiary alicyclic amines) is 1. The van der Waals surface area contributed by atoms with E-state index in [1.54, 1.807) is 0 Å². The maximum absolute atomic E-state index is 10.1. The maximum atomic E-state index is 10.1. The second-order valence-electron chi connectivity index (χ2n) is 8.14. The highest BCUT2D eigenvalue weighted by Gasteiger charge is 2.34. The molecule has 2 saturated carbocycles. The van der Waals surface area contributed by atoms with E-state index in [0.717, 1.165) is 24.9 Å². The third kappa shape index (κ3) is 4.46. The molecular formula is C19H36N2O. The molecule has 0 spiro atoms. The fraction of sp³-hybridized carbons (Fsp3) is 1.00. The number of nitrogens with one attached hydrogen (secondary N) is 1. The van der Waals surface area contributed by atoms with Crippen molar-refractivity contribution in [3.05, 3.63) is 0 Å². The van der Waals surface area contributed by atoms with Gasteiger partial charge in [-0.2, -0.15) is 0 Å². The van der Waals surface area contributed by atoms with Gasteiger partial charge in [0.2, 0.25) is 0 Å². The van der Waals surface area contributed by atoms with E-state index in [4.69, 9.17) is 0 Å². The van der Waals surface area contributed by atoms with Crippen LogP contribution in [0.3, 0.4) is 0 Å². The predicted octanol–water partition coefficient (Wildman–Crippen LogP) is 3.31. The third-order valence-corrected chi connectivity index (χ3v) is 6.31. The van der Waals surface area contributed by atoms with Gasteiger partial charge in [-0.3, -0.25) is 4.90 Å². The van der Waals surface area contributed by atoms with E-state index < -0.39 is 0 Å². The molecule has 2 N–H and O–H groups in total. The van der Waals surface area contributed by atoms with Crippen LogP contribution in [0.4, 0.5) is 0 Å². The second kappa shape index (κ2) is 8.12. The topological polar surface area (TPSA) is 35.5 Å². The van der Waals surface area contributed by atoms with Gasteiger partial charge < -0.3 is 10.4 Å². The molecule has 2 aliphatic carbocycles. The lowest BCUT2D eigenvalue weighted by Gasteiger charge is -2.46. The van der Waals surface area contributed by atoms with Gasteiger partial charge in [0.25, 0.3) is 0 Å². The van der Waals surface area contributed by atoms with E-state index in [2.05, 4.69) is 17.1 Å². The Morgan fingerprint density at radius 2 is 1.77 bits per heavy atom. The smallest absolute Gasteiger partial charge is 0.0540 e. The first-order valence-electron chi connectivity index (χ1n) is 9.92. The summed E-state index contributed by atoms with van der Waals surface area (Å²) in [5.41, 5.74) is 0. The first-order chi connectivity index (χ1) is 10.7. The lowest BCUT2D eigenvalue weighted by Crippen LogP contribution is -2.56. The number of hydrogen-bond acceptors (Lipinski definition) is 3. The van der Waals surface area contributed by atoms with Gasteiger partial charge in [0.1, 0.15) is 0 Å². The Morgan fingerprint density at radius 1 is 1.00 bits per heavy atom. The Morgan fingerprint density at radius 3 is 2.41 bits per heavy atom. The van der Waals surface area contributed by atoms with Crippen LogP contribution in [-0.2, 0) is 0 Å². The molecule has 0 aromatic heterocycles. The van der Waals surface area contributed by atoms with Crippen LogP contribution in [0, 0.1) is 5.92 Å². The fourth-order valence-corrected chi connectivity index (χ4v) is 4.74. The molecule has 0 amide bonds. The van der Waals surface area contributed by atoms with Crippen molar-refractivity contribution < 1.29 is 5.11 Å². The lowest BCUT2D eigenvalue weighted by molar-refractivity contribution is 0.0339. The van der Waals surface area contributed by atoms with Crippen molar-refractivity contribution in [3.63, 3.8) is 0 Å². The van der Waals surface area contributed by atoms with Crippen molar-refractivity contribution >= 4 is 0 Å². The van der Waals surface area contributed by atoms with Gasteiger partial charge in [0.15, 0.2) is 0 Å². The Hall–Kier alpha value is -0.120. The standard InChI is InChI=1S/C19H36N2O/c1-2-19(22)12-15-11-17(20-16-7-4-3-5-8-16)14-21(13-15)18-9-6-10-18/h15-20,22H,2-14H2,1H3. The molecule has 128 valence electrons. The SMILES string of the molecule is CCC(O)CC1CC(NC2CCCCC2)CN(C2CCC2)C1. The van der Waals surface area contributed by atoms with Crippen molar-refractivity contribution in [1.82, 2.24) is 10.2 Å². The Kier molecular flexibility index (Phi) is 6.17. The summed E-state index contributed by atoms with van der Waals surface area (Å²) in [4.78, 5) is 2.75. The molecule has 0 bridgehead atoms. The molecule has 3 atom stereocenters. The summed E-state index contributed by atoms with van der Waals surface area (Å²) in [6.45, 7) is 4.58. The van der Waals surface area contributed by atoms with Gasteiger partial charge in [-0.15, -0.1) is 0 Å². The molecule has 3 fully saturated rings. The number of piperidine rings is 1. The summed E-state index contributed by atoms with van der Waals surface area (Å²) in [7, 11) is 0. The van der Waals surface area contributed by atoms with Crippen LogP contribution in [0.2, 0.25) is 0 Å². The molecule has 22 heavy (non-hydrogen) atoms. The molecule has 3 aliphatic rings. The summed E-state index contributed by atoms with van der Waals surface area (Å²) < 4.78 is 0. The van der Waals surface area contributed by atoms with Crippen LogP contribution in [0.15, 0.2) is 0 Å². The minimum atomic E-state index is -0.0957. The van der Waals surface area contributed by atoms with Crippen LogP contribution in [0.25, 0.3) is 0 Å². The minimum absolute atomic E-state index is 0.0957. The summed E-state index contributed by atoms with van der Waals surface area (Å²) in [5.74, 6) is 0.686. The number of aliphatic hydroxyl groups excluding tert-OH is 1. The second-order valence-corrected chi connectivity index (χ2v) is 8.14. The summed E-state index contributed by atoms with van der Waals surface area (Å²) >= 11 is 0. The highest BCUT2D eigenvalue weighted by atomic mass is 16.3. The first kappa shape index (κ1) is 16.7. The number of aliphatic hydroxyl groups is 1. The molecule has 0 radical (unpaired) electrons. The first-order valence-corrected chi connectivity index (χ1v) is 9.92. The van der Waals surface area contributed by atoms with E-state index in [1.165, 1.54) is 70.9 Å². The zero-order valence-corrected chi connectivity index (χ0v) is 14.5. The average molecular weight is 309 g/mol. The largest absolute Gasteiger partial charge is 0.393 e. The fourth-order valence-electron chi connectivity index (χ4n) is 4.74. The van der Waals surface area contributed by atoms with Gasteiger partial charge in [-0.1, -0.05) is 32.6 Å². The minimum Gasteiger partial charge on any atom is -0.393 e. The molecule has 1 heterocycles. The van der Waals surface area contributed by atoms with Crippen molar-refractivity contribution in [2.24, 2.45) is 5.92 Å². The highest BCUT2D eigenvalue weighted by Crippen LogP contribution is 2.31. The van der Waals surface area contributed by atoms with Gasteiger partial charge in [-0.25, -0.2) is 0 Å². The highest BCUT2D eigenvalue weighted by molar-refractivity contribution is 4.92. The Labute approximate surface area is 136 Å². The quantitative estimate of drug-likeness (QED) is 0.790. The van der Waals surface area contributed by atoms with E-state index in [1.807, 2.05) is 0 Å². The van der Waals surface area contributed by atoms with E-state index in [-0.39, 0.29) is 6.10 Å². The number of hydrogen-bond donors (Lipinski definition) is 2. The number of nitrogens with zero attached hydrogens (tertiary/aromatic N) is 1. The lowest BCUT2D eigenvalue weighted by atomic mass is 9.83. The summed E-state index contributed by atoms with van der Waals surface area (Å²) in [5, 5.41) is 14.1. The monoisotopic (exact) mass is 308 g/mol. The molecule has 1 aliphatic heterocycles. The molecule has 3 heteroatoms. The summed E-state index contributed by atoms with van der Waals surface area (Å²) in [6, 6.07) is 2.26. The normalized spacial score (nSPS) is 33.5. The Balaban J connectivity index is 1.55.